The highest BCUT2D eigenvalue weighted by atomic mass is 32.2. The number of hydrogen-bond acceptors (Lipinski definition) is 3. The molecule has 2 aromatic rings. The molecule has 21 heavy (non-hydrogen) atoms. The Morgan fingerprint density at radius 1 is 0.857 bits per heavy atom. The smallest absolute Gasteiger partial charge is 0.406 e. The molecule has 0 heterocycles. The van der Waals surface area contributed by atoms with Crippen LogP contribution >= 0.6 is 0 Å². The van der Waals surface area contributed by atoms with E-state index in [1.54, 1.807) is 12.1 Å². The van der Waals surface area contributed by atoms with E-state index in [1.165, 1.54) is 36.4 Å². The summed E-state index contributed by atoms with van der Waals surface area (Å²) < 4.78 is 62.6. The third-order valence-electron chi connectivity index (χ3n) is 2.70. The van der Waals surface area contributed by atoms with Crippen molar-refractivity contribution in [2.24, 2.45) is 0 Å². The molecule has 0 radical (unpaired) electrons. The first-order valence-electron chi connectivity index (χ1n) is 5.81. The van der Waals surface area contributed by atoms with Crippen molar-refractivity contribution in [1.29, 1.82) is 0 Å². The van der Waals surface area contributed by atoms with Crippen LogP contribution < -0.4 is 4.74 Å². The van der Waals surface area contributed by atoms with Crippen molar-refractivity contribution in [3.63, 3.8) is 0 Å². The van der Waals surface area contributed by atoms with E-state index in [0.717, 1.165) is 6.26 Å². The van der Waals surface area contributed by atoms with Gasteiger partial charge in [0.05, 0.1) is 4.90 Å². The lowest BCUT2D eigenvalue weighted by Gasteiger charge is -2.09. The van der Waals surface area contributed by atoms with Crippen LogP contribution in [-0.4, -0.2) is 21.0 Å². The Hall–Kier alpha value is -2.02. The van der Waals surface area contributed by atoms with Crippen LogP contribution in [0, 0.1) is 0 Å². The van der Waals surface area contributed by atoms with E-state index in [4.69, 9.17) is 0 Å². The van der Waals surface area contributed by atoms with Crippen LogP contribution in [0.2, 0.25) is 0 Å². The Bertz CT molecular complexity index is 718. The normalized spacial score (nSPS) is 12.2. The molecule has 0 atom stereocenters. The summed E-state index contributed by atoms with van der Waals surface area (Å²) in [4.78, 5) is 0.184. The number of ether oxygens (including phenoxy) is 1. The van der Waals surface area contributed by atoms with Crippen molar-refractivity contribution in [3.8, 4) is 16.9 Å². The summed E-state index contributed by atoms with van der Waals surface area (Å²) in [5.41, 5.74) is 1.35. The van der Waals surface area contributed by atoms with Gasteiger partial charge in [0.2, 0.25) is 0 Å². The maximum atomic E-state index is 12.0. The lowest BCUT2D eigenvalue weighted by Crippen LogP contribution is -2.16. The third kappa shape index (κ3) is 4.22. The summed E-state index contributed by atoms with van der Waals surface area (Å²) in [5, 5.41) is 0. The maximum absolute atomic E-state index is 12.0. The number of halogens is 3. The highest BCUT2D eigenvalue weighted by Gasteiger charge is 2.30. The molecule has 0 saturated heterocycles. The second-order valence-electron chi connectivity index (χ2n) is 4.37. The first-order valence-corrected chi connectivity index (χ1v) is 7.71. The van der Waals surface area contributed by atoms with Crippen molar-refractivity contribution in [2.45, 2.75) is 11.3 Å². The topological polar surface area (TPSA) is 43.4 Å². The molecule has 0 aromatic heterocycles. The van der Waals surface area contributed by atoms with E-state index in [-0.39, 0.29) is 10.6 Å². The van der Waals surface area contributed by atoms with Crippen LogP contribution in [0.4, 0.5) is 13.2 Å². The Kier molecular flexibility index (Phi) is 3.95. The van der Waals surface area contributed by atoms with E-state index < -0.39 is 16.2 Å². The molecule has 0 aliphatic rings. The summed E-state index contributed by atoms with van der Waals surface area (Å²) in [5.74, 6) is -0.306. The molecular weight excluding hydrogens is 305 g/mol. The van der Waals surface area contributed by atoms with Gasteiger partial charge in [-0.3, -0.25) is 0 Å². The zero-order valence-corrected chi connectivity index (χ0v) is 11.7. The van der Waals surface area contributed by atoms with E-state index in [9.17, 15) is 21.6 Å². The average Bonchev–Trinajstić information content (AvgIpc) is 2.37. The molecule has 2 aromatic carbocycles. The van der Waals surface area contributed by atoms with Gasteiger partial charge >= 0.3 is 6.36 Å². The summed E-state index contributed by atoms with van der Waals surface area (Å²) in [6.45, 7) is 0. The van der Waals surface area contributed by atoms with E-state index in [0.29, 0.717) is 11.1 Å². The highest BCUT2D eigenvalue weighted by Crippen LogP contribution is 2.27. The lowest BCUT2D eigenvalue weighted by molar-refractivity contribution is -0.274. The monoisotopic (exact) mass is 316 g/mol. The fraction of sp³-hybridized carbons (Fsp3) is 0.143. The molecule has 3 nitrogen and oxygen atoms in total. The van der Waals surface area contributed by atoms with Crippen LogP contribution in [0.3, 0.4) is 0 Å². The predicted molar refractivity (Wildman–Crippen MR) is 71.7 cm³/mol. The molecule has 0 aliphatic carbocycles. The number of benzene rings is 2. The van der Waals surface area contributed by atoms with Crippen molar-refractivity contribution in [2.75, 3.05) is 6.26 Å². The molecule has 0 aliphatic heterocycles. The van der Waals surface area contributed by atoms with Gasteiger partial charge in [0.15, 0.2) is 9.84 Å². The second-order valence-corrected chi connectivity index (χ2v) is 6.38. The molecular formula is C14H11F3O3S. The van der Waals surface area contributed by atoms with Gasteiger partial charge in [0, 0.05) is 6.26 Å². The average molecular weight is 316 g/mol. The molecule has 0 amide bonds. The van der Waals surface area contributed by atoms with Crippen LogP contribution in [0.25, 0.3) is 11.1 Å². The van der Waals surface area contributed by atoms with E-state index >= 15 is 0 Å². The third-order valence-corrected chi connectivity index (χ3v) is 3.83. The maximum Gasteiger partial charge on any atom is 0.573 e. The Morgan fingerprint density at radius 3 is 1.67 bits per heavy atom. The molecule has 0 spiro atoms. The molecule has 7 heteroatoms. The van der Waals surface area contributed by atoms with Crippen LogP contribution in [0.1, 0.15) is 0 Å². The second kappa shape index (κ2) is 5.40. The Balaban J connectivity index is 2.23. The summed E-state index contributed by atoms with van der Waals surface area (Å²) >= 11 is 0. The zero-order chi connectivity index (χ0) is 15.7. The molecule has 0 bridgehead atoms. The summed E-state index contributed by atoms with van der Waals surface area (Å²) in [7, 11) is -3.27. The first kappa shape index (κ1) is 15.4. The van der Waals surface area contributed by atoms with Gasteiger partial charge < -0.3 is 4.74 Å². The molecule has 2 rings (SSSR count). The molecule has 0 saturated carbocycles. The number of alkyl halides is 3. The minimum absolute atomic E-state index is 0.184. The number of hydrogen-bond donors (Lipinski definition) is 0. The van der Waals surface area contributed by atoms with Gasteiger partial charge in [-0.1, -0.05) is 24.3 Å². The Morgan fingerprint density at radius 2 is 1.29 bits per heavy atom. The van der Waals surface area contributed by atoms with Crippen LogP contribution in [-0.2, 0) is 9.84 Å². The Labute approximate surface area is 119 Å². The van der Waals surface area contributed by atoms with Gasteiger partial charge in [-0.2, -0.15) is 0 Å². The largest absolute Gasteiger partial charge is 0.573 e. The SMILES string of the molecule is CS(=O)(=O)c1ccc(-c2ccc(OC(F)(F)F)cc2)cc1. The quantitative estimate of drug-likeness (QED) is 0.868. The van der Waals surface area contributed by atoms with Crippen molar-refractivity contribution in [3.05, 3.63) is 48.5 Å². The summed E-state index contributed by atoms with van der Waals surface area (Å²) in [6, 6.07) is 11.4. The van der Waals surface area contributed by atoms with Crippen molar-refractivity contribution < 1.29 is 26.3 Å². The van der Waals surface area contributed by atoms with Gasteiger partial charge in [-0.05, 0) is 35.4 Å². The minimum Gasteiger partial charge on any atom is -0.406 e. The fourth-order valence-electron chi connectivity index (χ4n) is 1.74. The molecule has 0 fully saturated rings. The van der Waals surface area contributed by atoms with Gasteiger partial charge in [-0.25, -0.2) is 8.42 Å². The van der Waals surface area contributed by atoms with Crippen LogP contribution in [0.5, 0.6) is 5.75 Å². The molecule has 112 valence electrons. The van der Waals surface area contributed by atoms with Gasteiger partial charge in [0.1, 0.15) is 5.75 Å². The van der Waals surface area contributed by atoms with Crippen molar-refractivity contribution >= 4 is 9.84 Å². The highest BCUT2D eigenvalue weighted by molar-refractivity contribution is 7.90. The molecule has 0 unspecified atom stereocenters. The van der Waals surface area contributed by atoms with E-state index in [1.807, 2.05) is 0 Å². The van der Waals surface area contributed by atoms with Gasteiger partial charge in [-0.15, -0.1) is 13.2 Å². The lowest BCUT2D eigenvalue weighted by atomic mass is 10.1. The number of rotatable bonds is 3. The summed E-state index contributed by atoms with van der Waals surface area (Å²) in [6.07, 6.45) is -3.62. The van der Waals surface area contributed by atoms with Gasteiger partial charge in [0.25, 0.3) is 0 Å². The first-order chi connectivity index (χ1) is 9.65. The van der Waals surface area contributed by atoms with E-state index in [2.05, 4.69) is 4.74 Å². The zero-order valence-electron chi connectivity index (χ0n) is 10.9. The van der Waals surface area contributed by atoms with Crippen molar-refractivity contribution in [1.82, 2.24) is 0 Å². The van der Waals surface area contributed by atoms with Crippen LogP contribution in [0.15, 0.2) is 53.4 Å². The molecule has 0 N–H and O–H groups in total. The standard InChI is InChI=1S/C14H11F3O3S/c1-21(18,19)13-8-4-11(5-9-13)10-2-6-12(7-3-10)20-14(15,16)17/h2-9H,1H3. The predicted octanol–water partition coefficient (Wildman–Crippen LogP) is 3.66. The fourth-order valence-corrected chi connectivity index (χ4v) is 2.37. The number of sulfone groups is 1. The minimum atomic E-state index is -4.72.